The molecule has 0 saturated carbocycles. The summed E-state index contributed by atoms with van der Waals surface area (Å²) in [4.78, 5) is 4.32. The van der Waals surface area contributed by atoms with Gasteiger partial charge in [0.25, 0.3) is 0 Å². The van der Waals surface area contributed by atoms with Gasteiger partial charge in [0.1, 0.15) is 5.75 Å². The number of aliphatic imine (C=N–C) groups is 1. The molecule has 0 radical (unpaired) electrons. The number of phenolic OH excluding ortho intramolecular Hbond substituents is 1. The van der Waals surface area contributed by atoms with Crippen molar-refractivity contribution in [2.24, 2.45) is 4.99 Å². The van der Waals surface area contributed by atoms with Gasteiger partial charge in [0, 0.05) is 38.3 Å². The molecule has 3 N–H and O–H groups in total. The third-order valence-corrected chi connectivity index (χ3v) is 4.59. The second kappa shape index (κ2) is 9.25. The van der Waals surface area contributed by atoms with Gasteiger partial charge in [-0.1, -0.05) is 12.1 Å². The van der Waals surface area contributed by atoms with Crippen LogP contribution in [0, 0.1) is 0 Å². The maximum Gasteiger partial charge on any atom is 0.191 e. The smallest absolute Gasteiger partial charge is 0.191 e. The van der Waals surface area contributed by atoms with E-state index >= 15 is 0 Å². The van der Waals surface area contributed by atoms with Crippen molar-refractivity contribution in [1.82, 2.24) is 20.4 Å². The van der Waals surface area contributed by atoms with Gasteiger partial charge >= 0.3 is 0 Å². The van der Waals surface area contributed by atoms with E-state index in [0.29, 0.717) is 18.6 Å². The van der Waals surface area contributed by atoms with E-state index in [9.17, 15) is 5.11 Å². The molecule has 26 heavy (non-hydrogen) atoms. The fourth-order valence-corrected chi connectivity index (χ4v) is 3.09. The number of hydrogen-bond donors (Lipinski definition) is 3. The van der Waals surface area contributed by atoms with Crippen LogP contribution >= 0.6 is 24.0 Å². The lowest BCUT2D eigenvalue weighted by molar-refractivity contribution is 0.475. The lowest BCUT2D eigenvalue weighted by Gasteiger charge is -2.24. The normalized spacial score (nSPS) is 16.8. The molecule has 0 aliphatic heterocycles. The predicted octanol–water partition coefficient (Wildman–Crippen LogP) is 3.01. The van der Waals surface area contributed by atoms with Crippen molar-refractivity contribution in [2.45, 2.75) is 51.7 Å². The van der Waals surface area contributed by atoms with E-state index in [1.165, 1.54) is 11.3 Å². The Morgan fingerprint density at radius 1 is 1.35 bits per heavy atom. The topological polar surface area (TPSA) is 74.5 Å². The summed E-state index contributed by atoms with van der Waals surface area (Å²) in [5.74, 6) is 1.08. The molecular formula is C19H28IN5O. The van der Waals surface area contributed by atoms with Crippen LogP contribution in [0.25, 0.3) is 0 Å². The van der Waals surface area contributed by atoms with Crippen LogP contribution in [0.2, 0.25) is 0 Å². The van der Waals surface area contributed by atoms with E-state index in [4.69, 9.17) is 5.10 Å². The Balaban J connectivity index is 0.00000243. The molecule has 142 valence electrons. The zero-order chi connectivity index (χ0) is 17.8. The Morgan fingerprint density at radius 2 is 2.08 bits per heavy atom. The number of hydrogen-bond acceptors (Lipinski definition) is 3. The van der Waals surface area contributed by atoms with Gasteiger partial charge in [-0.05, 0) is 49.9 Å². The summed E-state index contributed by atoms with van der Waals surface area (Å²) in [6, 6.07) is 7.94. The number of fused-ring (bicyclic) bond motifs is 1. The molecule has 1 aliphatic rings. The van der Waals surface area contributed by atoms with Crippen LogP contribution < -0.4 is 10.6 Å². The number of aromatic nitrogens is 2. The predicted molar refractivity (Wildman–Crippen MR) is 115 cm³/mol. The average Bonchev–Trinajstić information content (AvgIpc) is 3.03. The Hall–Kier alpha value is -1.77. The molecule has 0 amide bonds. The molecule has 1 unspecified atom stereocenters. The molecule has 0 saturated heterocycles. The minimum Gasteiger partial charge on any atom is -0.508 e. The summed E-state index contributed by atoms with van der Waals surface area (Å²) < 4.78 is 2.06. The number of nitrogens with zero attached hydrogens (tertiary/aromatic N) is 3. The van der Waals surface area contributed by atoms with Gasteiger partial charge < -0.3 is 15.7 Å². The highest BCUT2D eigenvalue weighted by Crippen LogP contribution is 2.21. The van der Waals surface area contributed by atoms with E-state index in [0.717, 1.165) is 30.8 Å². The first-order valence-electron chi connectivity index (χ1n) is 8.87. The van der Waals surface area contributed by atoms with Crippen LogP contribution in [0.4, 0.5) is 0 Å². The zero-order valence-electron chi connectivity index (χ0n) is 15.6. The molecule has 0 bridgehead atoms. The summed E-state index contributed by atoms with van der Waals surface area (Å²) in [7, 11) is 1.79. The molecule has 6 nitrogen and oxygen atoms in total. The summed E-state index contributed by atoms with van der Waals surface area (Å²) in [5.41, 5.74) is 3.67. The van der Waals surface area contributed by atoms with E-state index in [1.54, 1.807) is 19.2 Å². The fraction of sp³-hybridized carbons (Fsp3) is 0.474. The lowest BCUT2D eigenvalue weighted by Crippen LogP contribution is -2.45. The second-order valence-electron chi connectivity index (χ2n) is 6.85. The maximum absolute atomic E-state index is 9.35. The average molecular weight is 469 g/mol. The molecule has 1 aromatic heterocycles. The molecule has 0 fully saturated rings. The molecule has 3 rings (SSSR count). The Labute approximate surface area is 172 Å². The minimum atomic E-state index is 0. The van der Waals surface area contributed by atoms with Crippen molar-refractivity contribution in [2.75, 3.05) is 7.05 Å². The van der Waals surface area contributed by atoms with Gasteiger partial charge in [0.2, 0.25) is 0 Å². The molecule has 1 aromatic carbocycles. The van der Waals surface area contributed by atoms with E-state index in [2.05, 4.69) is 40.4 Å². The number of guanidine groups is 1. The van der Waals surface area contributed by atoms with Crippen LogP contribution in [-0.4, -0.2) is 33.9 Å². The first kappa shape index (κ1) is 20.5. The number of rotatable bonds is 4. The Kier molecular flexibility index (Phi) is 7.31. The Morgan fingerprint density at radius 3 is 2.73 bits per heavy atom. The summed E-state index contributed by atoms with van der Waals surface area (Å²) >= 11 is 0. The highest BCUT2D eigenvalue weighted by atomic mass is 127. The number of aromatic hydroxyl groups is 1. The second-order valence-corrected chi connectivity index (χ2v) is 6.85. The van der Waals surface area contributed by atoms with Gasteiger partial charge in [-0.15, -0.1) is 24.0 Å². The molecule has 0 spiro atoms. The van der Waals surface area contributed by atoms with Gasteiger partial charge in [0.15, 0.2) is 5.96 Å². The van der Waals surface area contributed by atoms with Crippen LogP contribution in [0.3, 0.4) is 0 Å². The van der Waals surface area contributed by atoms with Crippen molar-refractivity contribution in [3.63, 3.8) is 0 Å². The molecule has 1 aliphatic carbocycles. The fourth-order valence-electron chi connectivity index (χ4n) is 3.09. The summed E-state index contributed by atoms with van der Waals surface area (Å²) in [6.45, 7) is 4.98. The standard InChI is InChI=1S/C19H27N5O.HI/c1-13(2)24-12-15-6-7-16(10-18(15)23-24)22-19(20-3)21-11-14-4-8-17(25)9-5-14;/h4-5,8-9,12-13,16,25H,6-7,10-11H2,1-3H3,(H2,20,21,22);1H. The number of aryl methyl sites for hydroxylation is 1. The highest BCUT2D eigenvalue weighted by molar-refractivity contribution is 14.0. The highest BCUT2D eigenvalue weighted by Gasteiger charge is 2.22. The van der Waals surface area contributed by atoms with Crippen LogP contribution in [0.1, 0.15) is 43.1 Å². The first-order chi connectivity index (χ1) is 12.0. The third-order valence-electron chi connectivity index (χ3n) is 4.59. The lowest BCUT2D eigenvalue weighted by atomic mass is 9.94. The number of benzene rings is 1. The first-order valence-corrected chi connectivity index (χ1v) is 8.87. The van der Waals surface area contributed by atoms with Crippen LogP contribution in [0.5, 0.6) is 5.75 Å². The quantitative estimate of drug-likeness (QED) is 0.366. The SMILES string of the molecule is CN=C(NCc1ccc(O)cc1)NC1CCc2cn(C(C)C)nc2C1.I. The van der Waals surface area contributed by atoms with E-state index in [1.807, 2.05) is 12.1 Å². The van der Waals surface area contributed by atoms with Crippen molar-refractivity contribution in [1.29, 1.82) is 0 Å². The van der Waals surface area contributed by atoms with Crippen LogP contribution in [0.15, 0.2) is 35.5 Å². The summed E-state index contributed by atoms with van der Waals surface area (Å²) in [6.07, 6.45) is 5.24. The summed E-state index contributed by atoms with van der Waals surface area (Å²) in [5, 5.41) is 20.9. The van der Waals surface area contributed by atoms with Crippen LogP contribution in [-0.2, 0) is 19.4 Å². The molecule has 2 aromatic rings. The Bertz CT molecular complexity index is 739. The van der Waals surface area contributed by atoms with Gasteiger partial charge in [0.05, 0.1) is 5.69 Å². The zero-order valence-corrected chi connectivity index (χ0v) is 17.9. The largest absolute Gasteiger partial charge is 0.508 e. The minimum absolute atomic E-state index is 0. The maximum atomic E-state index is 9.35. The third kappa shape index (κ3) is 5.12. The van der Waals surface area contributed by atoms with Crippen molar-refractivity contribution < 1.29 is 5.11 Å². The van der Waals surface area contributed by atoms with Crippen molar-refractivity contribution >= 4 is 29.9 Å². The number of nitrogens with one attached hydrogen (secondary N) is 2. The van der Waals surface area contributed by atoms with Crippen molar-refractivity contribution in [3.05, 3.63) is 47.3 Å². The van der Waals surface area contributed by atoms with Gasteiger partial charge in [-0.2, -0.15) is 5.10 Å². The van der Waals surface area contributed by atoms with Gasteiger partial charge in [-0.3, -0.25) is 9.67 Å². The monoisotopic (exact) mass is 469 g/mol. The molecule has 7 heteroatoms. The van der Waals surface area contributed by atoms with Gasteiger partial charge in [-0.25, -0.2) is 0 Å². The molecular weight excluding hydrogens is 441 g/mol. The number of halogens is 1. The van der Waals surface area contributed by atoms with Crippen molar-refractivity contribution in [3.8, 4) is 5.75 Å². The molecule has 1 atom stereocenters. The van der Waals surface area contributed by atoms with E-state index in [-0.39, 0.29) is 29.7 Å². The number of phenols is 1. The van der Waals surface area contributed by atoms with E-state index < -0.39 is 0 Å². The molecule has 1 heterocycles.